The second-order valence-corrected chi connectivity index (χ2v) is 13.8. The molecule has 3 aromatic rings. The number of carbonyl (C=O) groups is 2. The number of carboxylic acids is 1. The molecule has 1 aliphatic heterocycles. The molecular weight excluding hydrogens is 564 g/mol. The third-order valence-corrected chi connectivity index (χ3v) is 9.12. The molecule has 3 atom stereocenters. The standard InChI is InChI=1S/C34H42N2O6S/c1-4-25-18-28(23-42-22-26-11-6-5-7-12-26)36(20-25)21-27-14-15-30(31(19-27)29-13-9-8-10-24(29)2)33(37)35-32(34(38)39)16-17-43(3,40)41/h5-15,19,25,28,32H,4,16-18,20-23H2,1-3H3,(H,35,37)(H,38,39)/t25-,28-,32+/m1/s1. The molecule has 0 spiro atoms. The van der Waals surface area contributed by atoms with E-state index in [2.05, 4.69) is 29.3 Å². The van der Waals surface area contributed by atoms with Crippen LogP contribution in [-0.4, -0.2) is 67.5 Å². The number of nitrogens with zero attached hydrogens (tertiary/aromatic N) is 1. The molecule has 1 amide bonds. The lowest BCUT2D eigenvalue weighted by molar-refractivity contribution is -0.139. The predicted molar refractivity (Wildman–Crippen MR) is 169 cm³/mol. The van der Waals surface area contributed by atoms with Crippen molar-refractivity contribution in [1.82, 2.24) is 10.2 Å². The number of nitrogens with one attached hydrogen (secondary N) is 1. The van der Waals surface area contributed by atoms with E-state index >= 15 is 0 Å². The van der Waals surface area contributed by atoms with Crippen LogP contribution in [0.15, 0.2) is 72.8 Å². The molecule has 8 nitrogen and oxygen atoms in total. The van der Waals surface area contributed by atoms with Crippen molar-refractivity contribution in [1.29, 1.82) is 0 Å². The molecule has 1 fully saturated rings. The van der Waals surface area contributed by atoms with E-state index in [1.165, 1.54) is 0 Å². The Labute approximate surface area is 255 Å². The Morgan fingerprint density at radius 1 is 1.02 bits per heavy atom. The van der Waals surface area contributed by atoms with Crippen LogP contribution in [0.2, 0.25) is 0 Å². The SMILES string of the molecule is CC[C@@H]1C[C@H](COCc2ccccc2)N(Cc2ccc(C(=O)N[C@@H](CCS(C)(=O)=O)C(=O)O)c(-c3ccccc3C)c2)C1. The Morgan fingerprint density at radius 3 is 2.42 bits per heavy atom. The van der Waals surface area contributed by atoms with Crippen molar-refractivity contribution in [2.75, 3.05) is 25.2 Å². The van der Waals surface area contributed by atoms with Crippen LogP contribution in [0.1, 0.15) is 53.2 Å². The first-order valence-corrected chi connectivity index (χ1v) is 16.9. The molecule has 0 aromatic heterocycles. The van der Waals surface area contributed by atoms with E-state index in [1.807, 2.05) is 61.5 Å². The van der Waals surface area contributed by atoms with Crippen molar-refractivity contribution < 1.29 is 27.9 Å². The van der Waals surface area contributed by atoms with Crippen molar-refractivity contribution in [3.63, 3.8) is 0 Å². The van der Waals surface area contributed by atoms with Gasteiger partial charge in [0.25, 0.3) is 5.91 Å². The fourth-order valence-electron chi connectivity index (χ4n) is 5.68. The Hall–Kier alpha value is -3.53. The van der Waals surface area contributed by atoms with E-state index in [4.69, 9.17) is 4.74 Å². The number of carbonyl (C=O) groups excluding carboxylic acids is 1. The van der Waals surface area contributed by atoms with Gasteiger partial charge in [-0.25, -0.2) is 13.2 Å². The molecule has 4 rings (SSSR count). The molecular formula is C34H42N2O6S. The topological polar surface area (TPSA) is 113 Å². The third-order valence-electron chi connectivity index (χ3n) is 8.14. The summed E-state index contributed by atoms with van der Waals surface area (Å²) in [6.45, 7) is 7.08. The minimum atomic E-state index is -3.39. The zero-order valence-corrected chi connectivity index (χ0v) is 26.0. The lowest BCUT2D eigenvalue weighted by Crippen LogP contribution is -2.42. The number of aryl methyl sites for hydroxylation is 1. The van der Waals surface area contributed by atoms with Crippen LogP contribution in [0.5, 0.6) is 0 Å². The first-order chi connectivity index (χ1) is 20.5. The minimum absolute atomic E-state index is 0.209. The Bertz CT molecular complexity index is 1510. The van der Waals surface area contributed by atoms with Crippen LogP contribution >= 0.6 is 0 Å². The quantitative estimate of drug-likeness (QED) is 0.263. The lowest BCUT2D eigenvalue weighted by Gasteiger charge is -2.25. The molecule has 1 heterocycles. The maximum atomic E-state index is 13.5. The van der Waals surface area contributed by atoms with Crippen LogP contribution in [-0.2, 0) is 32.5 Å². The van der Waals surface area contributed by atoms with Gasteiger partial charge in [0, 0.05) is 31.0 Å². The van der Waals surface area contributed by atoms with Crippen LogP contribution in [0.4, 0.5) is 0 Å². The second kappa shape index (κ2) is 14.8. The van der Waals surface area contributed by atoms with Crippen molar-refractivity contribution in [2.24, 2.45) is 5.92 Å². The van der Waals surface area contributed by atoms with Gasteiger partial charge in [-0.15, -0.1) is 0 Å². The Morgan fingerprint density at radius 2 is 1.74 bits per heavy atom. The van der Waals surface area contributed by atoms with Gasteiger partial charge in [-0.05, 0) is 65.6 Å². The van der Waals surface area contributed by atoms with E-state index in [0.717, 1.165) is 47.9 Å². The first kappa shape index (κ1) is 32.4. The minimum Gasteiger partial charge on any atom is -0.480 e. The highest BCUT2D eigenvalue weighted by Crippen LogP contribution is 2.31. The summed E-state index contributed by atoms with van der Waals surface area (Å²) in [5, 5.41) is 12.2. The van der Waals surface area contributed by atoms with Gasteiger partial charge in [0.15, 0.2) is 0 Å². The van der Waals surface area contributed by atoms with Crippen LogP contribution < -0.4 is 5.32 Å². The molecule has 3 aromatic carbocycles. The fraction of sp³-hybridized carbons (Fsp3) is 0.412. The number of amides is 1. The molecule has 2 N–H and O–H groups in total. The number of sulfone groups is 1. The normalized spacial score (nSPS) is 17.9. The van der Waals surface area contributed by atoms with E-state index < -0.39 is 27.8 Å². The number of ether oxygens (including phenoxy) is 1. The van der Waals surface area contributed by atoms with Gasteiger partial charge in [0.2, 0.25) is 0 Å². The average molecular weight is 607 g/mol. The van der Waals surface area contributed by atoms with Gasteiger partial charge in [-0.1, -0.05) is 74.0 Å². The van der Waals surface area contributed by atoms with Gasteiger partial charge >= 0.3 is 5.97 Å². The highest BCUT2D eigenvalue weighted by Gasteiger charge is 2.31. The number of benzene rings is 3. The van der Waals surface area contributed by atoms with Crippen molar-refractivity contribution in [3.8, 4) is 11.1 Å². The molecule has 0 unspecified atom stereocenters. The van der Waals surface area contributed by atoms with Crippen LogP contribution in [0.25, 0.3) is 11.1 Å². The highest BCUT2D eigenvalue weighted by atomic mass is 32.2. The first-order valence-electron chi connectivity index (χ1n) is 14.8. The smallest absolute Gasteiger partial charge is 0.326 e. The molecule has 0 radical (unpaired) electrons. The van der Waals surface area contributed by atoms with Crippen molar-refractivity contribution >= 4 is 21.7 Å². The zero-order chi connectivity index (χ0) is 31.0. The van der Waals surface area contributed by atoms with Gasteiger partial charge < -0.3 is 15.2 Å². The monoisotopic (exact) mass is 606 g/mol. The van der Waals surface area contributed by atoms with E-state index in [9.17, 15) is 23.1 Å². The predicted octanol–water partition coefficient (Wildman–Crippen LogP) is 5.10. The van der Waals surface area contributed by atoms with Crippen LogP contribution in [0.3, 0.4) is 0 Å². The molecule has 0 bridgehead atoms. The summed E-state index contributed by atoms with van der Waals surface area (Å²) in [7, 11) is -3.39. The summed E-state index contributed by atoms with van der Waals surface area (Å²) in [6, 6.07) is 22.6. The number of likely N-dealkylation sites (tertiary alicyclic amines) is 1. The Kier molecular flexibility index (Phi) is 11.1. The molecule has 43 heavy (non-hydrogen) atoms. The largest absolute Gasteiger partial charge is 0.480 e. The summed E-state index contributed by atoms with van der Waals surface area (Å²) in [5.74, 6) is -1.57. The van der Waals surface area contributed by atoms with Gasteiger partial charge in [0.05, 0.1) is 19.0 Å². The molecule has 0 saturated carbocycles. The number of carboxylic acid groups (broad SMARTS) is 1. The maximum absolute atomic E-state index is 13.5. The molecule has 9 heteroatoms. The fourth-order valence-corrected chi connectivity index (χ4v) is 6.35. The zero-order valence-electron chi connectivity index (χ0n) is 25.2. The van der Waals surface area contributed by atoms with Crippen molar-refractivity contribution in [2.45, 2.75) is 58.3 Å². The van der Waals surface area contributed by atoms with Crippen molar-refractivity contribution in [3.05, 3.63) is 95.1 Å². The summed E-state index contributed by atoms with van der Waals surface area (Å²) < 4.78 is 29.4. The lowest BCUT2D eigenvalue weighted by atomic mass is 9.93. The third kappa shape index (κ3) is 9.23. The Balaban J connectivity index is 1.56. The van der Waals surface area contributed by atoms with Crippen LogP contribution in [0, 0.1) is 12.8 Å². The molecule has 230 valence electrons. The van der Waals surface area contributed by atoms with E-state index in [-0.39, 0.29) is 18.2 Å². The summed E-state index contributed by atoms with van der Waals surface area (Å²) in [5.41, 5.74) is 5.12. The molecule has 1 aliphatic rings. The molecule has 0 aliphatic carbocycles. The van der Waals surface area contributed by atoms with Gasteiger partial charge in [-0.2, -0.15) is 0 Å². The van der Waals surface area contributed by atoms with E-state index in [1.54, 1.807) is 6.07 Å². The number of hydrogen-bond donors (Lipinski definition) is 2. The number of aliphatic carboxylic acids is 1. The molecule has 1 saturated heterocycles. The number of hydrogen-bond acceptors (Lipinski definition) is 6. The summed E-state index contributed by atoms with van der Waals surface area (Å²) in [6.07, 6.45) is 3.01. The van der Waals surface area contributed by atoms with E-state index in [0.29, 0.717) is 36.8 Å². The van der Waals surface area contributed by atoms with Gasteiger partial charge in [-0.3, -0.25) is 9.69 Å². The second-order valence-electron chi connectivity index (χ2n) is 11.6. The highest BCUT2D eigenvalue weighted by molar-refractivity contribution is 7.90. The average Bonchev–Trinajstić information content (AvgIpc) is 3.36. The van der Waals surface area contributed by atoms with Gasteiger partial charge in [0.1, 0.15) is 15.9 Å². The number of rotatable bonds is 14. The summed E-state index contributed by atoms with van der Waals surface area (Å²) in [4.78, 5) is 27.8. The summed E-state index contributed by atoms with van der Waals surface area (Å²) >= 11 is 0. The maximum Gasteiger partial charge on any atom is 0.326 e.